The number of hydrogen-bond acceptors (Lipinski definition) is 2. The van der Waals surface area contributed by atoms with Crippen LogP contribution in [0.3, 0.4) is 0 Å². The number of benzene rings is 2. The van der Waals surface area contributed by atoms with Crippen molar-refractivity contribution in [3.05, 3.63) is 48.5 Å². The highest BCUT2D eigenvalue weighted by atomic mass is 19.4. The highest BCUT2D eigenvalue weighted by molar-refractivity contribution is 5.69. The van der Waals surface area contributed by atoms with Crippen LogP contribution >= 0.6 is 0 Å². The summed E-state index contributed by atoms with van der Waals surface area (Å²) in [4.78, 5) is -3.51. The second-order valence-electron chi connectivity index (χ2n) is 5.64. The summed E-state index contributed by atoms with van der Waals surface area (Å²) in [5.41, 5.74) is -2.65. The van der Waals surface area contributed by atoms with E-state index in [1.807, 2.05) is 0 Å². The average Bonchev–Trinajstić information content (AvgIpc) is 2.51. The van der Waals surface area contributed by atoms with Crippen LogP contribution in [0.15, 0.2) is 48.5 Å². The molecule has 0 bridgehead atoms. The second-order valence-corrected chi connectivity index (χ2v) is 5.64. The zero-order valence-electron chi connectivity index (χ0n) is 14.0. The standard InChI is InChI=1S/C16H8F12N2/c17-13(18,19)29(14(20,21)22)11-5-1-9(2-6-11)10-3-7-12(8-4-10)30(15(23,24)25)16(26,27)28/h1-8H. The molecular formula is C16H8F12N2. The first-order chi connectivity index (χ1) is 13.4. The van der Waals surface area contributed by atoms with Crippen molar-refractivity contribution in [2.45, 2.75) is 25.2 Å². The van der Waals surface area contributed by atoms with Crippen LogP contribution in [0.2, 0.25) is 0 Å². The van der Waals surface area contributed by atoms with Gasteiger partial charge < -0.3 is 0 Å². The van der Waals surface area contributed by atoms with Crippen LogP contribution in [0.5, 0.6) is 0 Å². The Morgan fingerprint density at radius 2 is 0.567 bits per heavy atom. The summed E-state index contributed by atoms with van der Waals surface area (Å²) < 4.78 is 152. The lowest BCUT2D eigenvalue weighted by molar-refractivity contribution is -0.228. The summed E-state index contributed by atoms with van der Waals surface area (Å²) >= 11 is 0. The second kappa shape index (κ2) is 7.47. The molecule has 0 aromatic heterocycles. The molecule has 30 heavy (non-hydrogen) atoms. The van der Waals surface area contributed by atoms with Gasteiger partial charge >= 0.3 is 25.2 Å². The SMILES string of the molecule is FC(F)(F)N(c1ccc(-c2ccc(N(C(F)(F)F)C(F)(F)F)cc2)cc1)C(F)(F)F. The molecule has 166 valence electrons. The normalized spacial score (nSPS) is 13.3. The van der Waals surface area contributed by atoms with Gasteiger partial charge in [-0.25, -0.2) is 0 Å². The molecule has 0 aliphatic heterocycles. The maximum Gasteiger partial charge on any atom is 0.491 e. The van der Waals surface area contributed by atoms with E-state index in [4.69, 9.17) is 0 Å². The Morgan fingerprint density at radius 3 is 0.733 bits per heavy atom. The predicted octanol–water partition coefficient (Wildman–Crippen LogP) is 7.05. The summed E-state index contributed by atoms with van der Waals surface area (Å²) in [5.74, 6) is 0. The Balaban J connectivity index is 2.36. The summed E-state index contributed by atoms with van der Waals surface area (Å²) in [6, 6.07) is 5.06. The van der Waals surface area contributed by atoms with Crippen molar-refractivity contribution in [2.75, 3.05) is 9.80 Å². The van der Waals surface area contributed by atoms with E-state index in [0.717, 1.165) is 24.3 Å². The zero-order chi connectivity index (χ0) is 23.1. The molecule has 2 aromatic carbocycles. The van der Waals surface area contributed by atoms with Crippen molar-refractivity contribution in [1.29, 1.82) is 0 Å². The van der Waals surface area contributed by atoms with Crippen LogP contribution in [0, 0.1) is 0 Å². The third-order valence-electron chi connectivity index (χ3n) is 3.60. The Morgan fingerprint density at radius 1 is 0.367 bits per heavy atom. The molecule has 0 aliphatic rings. The van der Waals surface area contributed by atoms with E-state index in [1.54, 1.807) is 0 Å². The monoisotopic (exact) mass is 456 g/mol. The lowest BCUT2D eigenvalue weighted by Gasteiger charge is -2.29. The van der Waals surface area contributed by atoms with E-state index >= 15 is 0 Å². The molecule has 0 N–H and O–H groups in total. The fraction of sp³-hybridized carbons (Fsp3) is 0.250. The van der Waals surface area contributed by atoms with Gasteiger partial charge in [0.25, 0.3) is 0 Å². The van der Waals surface area contributed by atoms with E-state index in [1.165, 1.54) is 0 Å². The van der Waals surface area contributed by atoms with Gasteiger partial charge in [-0.2, -0.15) is 9.80 Å². The van der Waals surface area contributed by atoms with E-state index in [9.17, 15) is 52.7 Å². The number of alkyl halides is 12. The molecule has 2 nitrogen and oxygen atoms in total. The molecule has 0 heterocycles. The van der Waals surface area contributed by atoms with Crippen molar-refractivity contribution in [1.82, 2.24) is 0 Å². The van der Waals surface area contributed by atoms with Crippen molar-refractivity contribution >= 4 is 11.4 Å². The van der Waals surface area contributed by atoms with E-state index in [2.05, 4.69) is 0 Å². The topological polar surface area (TPSA) is 6.48 Å². The molecular weight excluding hydrogens is 448 g/mol. The highest BCUT2D eigenvalue weighted by Crippen LogP contribution is 2.40. The van der Waals surface area contributed by atoms with E-state index < -0.39 is 46.4 Å². The smallest absolute Gasteiger partial charge is 0.194 e. The first kappa shape index (κ1) is 23.5. The summed E-state index contributed by atoms with van der Waals surface area (Å²) in [6.07, 6.45) is -23.1. The van der Waals surface area contributed by atoms with Crippen LogP contribution in [-0.2, 0) is 0 Å². The van der Waals surface area contributed by atoms with Gasteiger partial charge in [0.2, 0.25) is 0 Å². The lowest BCUT2D eigenvalue weighted by Crippen LogP contribution is -2.48. The molecule has 0 saturated carbocycles. The van der Waals surface area contributed by atoms with Crippen LogP contribution in [0.25, 0.3) is 11.1 Å². The molecule has 0 unspecified atom stereocenters. The number of halogens is 12. The van der Waals surface area contributed by atoms with Crippen LogP contribution < -0.4 is 9.80 Å². The van der Waals surface area contributed by atoms with Gasteiger partial charge in [0, 0.05) is 0 Å². The number of anilines is 2. The number of nitrogens with zero attached hydrogens (tertiary/aromatic N) is 2. The Kier molecular flexibility index (Phi) is 5.84. The largest absolute Gasteiger partial charge is 0.491 e. The fourth-order valence-electron chi connectivity index (χ4n) is 2.48. The lowest BCUT2D eigenvalue weighted by atomic mass is 10.0. The van der Waals surface area contributed by atoms with Crippen LogP contribution in [-0.4, -0.2) is 25.2 Å². The van der Waals surface area contributed by atoms with Crippen molar-refractivity contribution in [2.24, 2.45) is 0 Å². The number of hydrogen-bond donors (Lipinski definition) is 0. The van der Waals surface area contributed by atoms with Gasteiger partial charge in [-0.05, 0) is 35.4 Å². The molecule has 0 radical (unpaired) electrons. The first-order valence-corrected chi connectivity index (χ1v) is 7.50. The summed E-state index contributed by atoms with van der Waals surface area (Å²) in [5, 5.41) is 0. The molecule has 0 atom stereocenters. The maximum absolute atomic E-state index is 12.7. The third-order valence-corrected chi connectivity index (χ3v) is 3.60. The minimum absolute atomic E-state index is 0.0415. The van der Waals surface area contributed by atoms with Gasteiger partial charge in [-0.1, -0.05) is 24.3 Å². The molecule has 0 fully saturated rings. The Bertz CT molecular complexity index is 743. The summed E-state index contributed by atoms with van der Waals surface area (Å²) in [7, 11) is 0. The Labute approximate surface area is 159 Å². The molecule has 2 aromatic rings. The van der Waals surface area contributed by atoms with Crippen molar-refractivity contribution < 1.29 is 52.7 Å². The van der Waals surface area contributed by atoms with Gasteiger partial charge in [0.05, 0.1) is 11.4 Å². The predicted molar refractivity (Wildman–Crippen MR) is 81.1 cm³/mol. The molecule has 0 amide bonds. The first-order valence-electron chi connectivity index (χ1n) is 7.50. The van der Waals surface area contributed by atoms with Crippen molar-refractivity contribution in [3.8, 4) is 11.1 Å². The van der Waals surface area contributed by atoms with Crippen LogP contribution in [0.1, 0.15) is 0 Å². The quantitative estimate of drug-likeness (QED) is 0.361. The van der Waals surface area contributed by atoms with Gasteiger partial charge in [0.1, 0.15) is 0 Å². The molecule has 0 spiro atoms. The summed E-state index contributed by atoms with van der Waals surface area (Å²) in [6.45, 7) is 0. The zero-order valence-corrected chi connectivity index (χ0v) is 14.0. The minimum atomic E-state index is -5.78. The van der Waals surface area contributed by atoms with Crippen LogP contribution in [0.4, 0.5) is 64.1 Å². The molecule has 2 rings (SSSR count). The molecule has 0 aliphatic carbocycles. The molecule has 0 saturated heterocycles. The van der Waals surface area contributed by atoms with E-state index in [0.29, 0.717) is 24.3 Å². The minimum Gasteiger partial charge on any atom is -0.194 e. The van der Waals surface area contributed by atoms with Gasteiger partial charge in [-0.3, -0.25) is 0 Å². The van der Waals surface area contributed by atoms with Crippen molar-refractivity contribution in [3.63, 3.8) is 0 Å². The van der Waals surface area contributed by atoms with Gasteiger partial charge in [-0.15, -0.1) is 52.7 Å². The maximum atomic E-state index is 12.7. The third kappa shape index (κ3) is 5.21. The highest BCUT2D eigenvalue weighted by Gasteiger charge is 2.54. The average molecular weight is 456 g/mol. The fourth-order valence-corrected chi connectivity index (χ4v) is 2.48. The van der Waals surface area contributed by atoms with Gasteiger partial charge in [0.15, 0.2) is 0 Å². The van der Waals surface area contributed by atoms with E-state index in [-0.39, 0.29) is 11.1 Å². The number of rotatable bonds is 3. The molecule has 14 heteroatoms. The Hall–Kier alpha value is -2.80.